The summed E-state index contributed by atoms with van der Waals surface area (Å²) < 4.78 is 0. The molecule has 0 saturated carbocycles. The van der Waals surface area contributed by atoms with Crippen LogP contribution in [0.4, 0.5) is 5.69 Å². The van der Waals surface area contributed by atoms with Crippen molar-refractivity contribution in [1.29, 1.82) is 0 Å². The molecule has 0 bridgehead atoms. The predicted octanol–water partition coefficient (Wildman–Crippen LogP) is 8.33. The van der Waals surface area contributed by atoms with Crippen LogP contribution in [-0.4, -0.2) is 7.07 Å². The molecule has 0 atom stereocenters. The first-order chi connectivity index (χ1) is 16.8. The van der Waals surface area contributed by atoms with Crippen molar-refractivity contribution in [3.05, 3.63) is 109 Å². The fourth-order valence-corrected chi connectivity index (χ4v) is 5.84. The van der Waals surface area contributed by atoms with Gasteiger partial charge in [0, 0.05) is 0 Å². The summed E-state index contributed by atoms with van der Waals surface area (Å²) >= 11 is 0. The Hall–Kier alpha value is -4.30. The zero-order valence-corrected chi connectivity index (χ0v) is 18.4. The zero-order valence-electron chi connectivity index (χ0n) is 18.4. The standard InChI is InChI=1S/C32H18BN/c1-3-19-7-9-23-13-17-27(25-15-11-21(5-1)29(19)31(23)25)33-34-28-18-14-24-10-8-20-4-2-6-22-12-16-26(28)32(24)30(20)22/h1-18H. The summed E-state index contributed by atoms with van der Waals surface area (Å²) in [4.78, 5) is 5.04. The Morgan fingerprint density at radius 2 is 0.824 bits per heavy atom. The monoisotopic (exact) mass is 427 g/mol. The maximum atomic E-state index is 5.04. The second-order valence-electron chi connectivity index (χ2n) is 9.21. The van der Waals surface area contributed by atoms with Crippen LogP contribution in [0.25, 0.3) is 64.6 Å². The molecule has 8 aromatic rings. The molecule has 2 heteroatoms. The fourth-order valence-electron chi connectivity index (χ4n) is 5.84. The summed E-state index contributed by atoms with van der Waals surface area (Å²) in [5, 5.41) is 15.4. The van der Waals surface area contributed by atoms with Crippen LogP contribution in [0, 0.1) is 0 Å². The quantitative estimate of drug-likeness (QED) is 0.194. The van der Waals surface area contributed by atoms with Gasteiger partial charge in [-0.25, -0.2) is 0 Å². The Bertz CT molecular complexity index is 1890. The zero-order chi connectivity index (χ0) is 22.2. The maximum absolute atomic E-state index is 5.04. The van der Waals surface area contributed by atoms with Crippen LogP contribution in [-0.2, 0) is 0 Å². The Morgan fingerprint density at radius 3 is 1.44 bits per heavy atom. The van der Waals surface area contributed by atoms with E-state index in [1.165, 1.54) is 64.6 Å². The van der Waals surface area contributed by atoms with Crippen molar-refractivity contribution in [2.45, 2.75) is 0 Å². The van der Waals surface area contributed by atoms with Crippen LogP contribution in [0.2, 0.25) is 0 Å². The van der Waals surface area contributed by atoms with Gasteiger partial charge in [-0.3, -0.25) is 0 Å². The Balaban J connectivity index is 1.37. The van der Waals surface area contributed by atoms with E-state index in [4.69, 9.17) is 4.90 Å². The molecule has 1 nitrogen and oxygen atoms in total. The van der Waals surface area contributed by atoms with Crippen LogP contribution < -0.4 is 5.46 Å². The minimum absolute atomic E-state index is 1.01. The van der Waals surface area contributed by atoms with Crippen molar-refractivity contribution < 1.29 is 0 Å². The van der Waals surface area contributed by atoms with E-state index in [0.717, 1.165) is 11.2 Å². The third-order valence-corrected chi connectivity index (χ3v) is 7.41. The van der Waals surface area contributed by atoms with Crippen molar-refractivity contribution >= 4 is 82.9 Å². The molecule has 0 spiro atoms. The molecule has 0 heterocycles. The van der Waals surface area contributed by atoms with E-state index in [1.54, 1.807) is 0 Å². The van der Waals surface area contributed by atoms with Crippen LogP contribution in [0.1, 0.15) is 0 Å². The fraction of sp³-hybridized carbons (Fsp3) is 0. The summed E-state index contributed by atoms with van der Waals surface area (Å²) in [5.41, 5.74) is 2.16. The van der Waals surface area contributed by atoms with Crippen molar-refractivity contribution in [1.82, 2.24) is 0 Å². The summed E-state index contributed by atoms with van der Waals surface area (Å²) in [5.74, 6) is 0. The molecule has 0 radical (unpaired) electrons. The molecule has 0 aromatic heterocycles. The third kappa shape index (κ3) is 2.40. The first kappa shape index (κ1) is 18.2. The molecule has 0 aliphatic rings. The summed E-state index contributed by atoms with van der Waals surface area (Å²) in [6, 6.07) is 39.6. The van der Waals surface area contributed by atoms with Crippen molar-refractivity contribution in [3.8, 4) is 0 Å². The Kier molecular flexibility index (Phi) is 3.54. The summed E-state index contributed by atoms with van der Waals surface area (Å²) in [7, 11) is 2.04. The Labute approximate surface area is 196 Å². The van der Waals surface area contributed by atoms with Crippen LogP contribution in [0.3, 0.4) is 0 Å². The van der Waals surface area contributed by atoms with Gasteiger partial charge in [0.25, 0.3) is 0 Å². The molecule has 0 fully saturated rings. The van der Waals surface area contributed by atoms with E-state index < -0.39 is 0 Å². The van der Waals surface area contributed by atoms with Crippen molar-refractivity contribution in [2.75, 3.05) is 0 Å². The van der Waals surface area contributed by atoms with Gasteiger partial charge in [0.15, 0.2) is 0 Å². The molecule has 0 saturated heterocycles. The van der Waals surface area contributed by atoms with Gasteiger partial charge in [-0.1, -0.05) is 0 Å². The van der Waals surface area contributed by atoms with E-state index in [1.807, 2.05) is 7.07 Å². The molecule has 0 amide bonds. The van der Waals surface area contributed by atoms with Crippen LogP contribution >= 0.6 is 0 Å². The minimum atomic E-state index is 1.01. The van der Waals surface area contributed by atoms with Crippen molar-refractivity contribution in [2.24, 2.45) is 4.90 Å². The molecule has 0 unspecified atom stereocenters. The van der Waals surface area contributed by atoms with Gasteiger partial charge in [0.05, 0.1) is 0 Å². The second kappa shape index (κ2) is 6.62. The normalized spacial score (nSPS) is 12.4. The molecule has 34 heavy (non-hydrogen) atoms. The van der Waals surface area contributed by atoms with Gasteiger partial charge >= 0.3 is 197 Å². The first-order valence-electron chi connectivity index (χ1n) is 11.7. The van der Waals surface area contributed by atoms with E-state index >= 15 is 0 Å². The molecule has 0 aliphatic carbocycles. The van der Waals surface area contributed by atoms with Gasteiger partial charge in [0.2, 0.25) is 0 Å². The Morgan fingerprint density at radius 1 is 0.382 bits per heavy atom. The SMILES string of the molecule is B(=Nc1ccc2ccc3cccc4ccc1c2c34)c1ccc2ccc3cccc4ccc1c2c34. The number of hydrogen-bond donors (Lipinski definition) is 0. The summed E-state index contributed by atoms with van der Waals surface area (Å²) in [6.07, 6.45) is 0. The van der Waals surface area contributed by atoms with Crippen LogP contribution in [0.5, 0.6) is 0 Å². The third-order valence-electron chi connectivity index (χ3n) is 7.41. The van der Waals surface area contributed by atoms with E-state index in [-0.39, 0.29) is 0 Å². The molecule has 0 aliphatic heterocycles. The summed E-state index contributed by atoms with van der Waals surface area (Å²) in [6.45, 7) is 0. The number of hydrogen-bond acceptors (Lipinski definition) is 1. The van der Waals surface area contributed by atoms with Gasteiger partial charge in [0.1, 0.15) is 0 Å². The van der Waals surface area contributed by atoms with Gasteiger partial charge in [-0.15, -0.1) is 0 Å². The van der Waals surface area contributed by atoms with Crippen molar-refractivity contribution in [3.63, 3.8) is 0 Å². The molecular weight excluding hydrogens is 409 g/mol. The van der Waals surface area contributed by atoms with Gasteiger partial charge in [-0.2, -0.15) is 0 Å². The molecule has 8 rings (SSSR count). The number of rotatable bonds is 2. The van der Waals surface area contributed by atoms with E-state index in [0.29, 0.717) is 0 Å². The molecule has 154 valence electrons. The predicted molar refractivity (Wildman–Crippen MR) is 148 cm³/mol. The molecule has 0 N–H and O–H groups in total. The average molecular weight is 427 g/mol. The number of benzene rings is 8. The van der Waals surface area contributed by atoms with Crippen LogP contribution in [0.15, 0.2) is 114 Å². The van der Waals surface area contributed by atoms with Gasteiger partial charge < -0.3 is 0 Å². The van der Waals surface area contributed by atoms with E-state index in [9.17, 15) is 0 Å². The second-order valence-corrected chi connectivity index (χ2v) is 9.21. The topological polar surface area (TPSA) is 12.4 Å². The average Bonchev–Trinajstić information content (AvgIpc) is 2.90. The van der Waals surface area contributed by atoms with E-state index in [2.05, 4.69) is 109 Å². The number of nitrogens with zero attached hydrogens (tertiary/aromatic N) is 1. The van der Waals surface area contributed by atoms with Gasteiger partial charge in [-0.05, 0) is 0 Å². The molecular formula is C32H18BN. The first-order valence-corrected chi connectivity index (χ1v) is 11.7. The molecule has 8 aromatic carbocycles.